The van der Waals surface area contributed by atoms with Gasteiger partial charge >= 0.3 is 9.28 Å². The first-order valence-corrected chi connectivity index (χ1v) is 6.69. The third kappa shape index (κ3) is 4.01. The molecule has 0 amide bonds. The Balaban J connectivity index is 3.02. The van der Waals surface area contributed by atoms with Gasteiger partial charge in [-0.25, -0.2) is 0 Å². The summed E-state index contributed by atoms with van der Waals surface area (Å²) in [6, 6.07) is 7.22. The lowest BCUT2D eigenvalue weighted by molar-refractivity contribution is -0.137. The molecule has 0 aliphatic rings. The molecule has 0 spiro atoms. The lowest BCUT2D eigenvalue weighted by Gasteiger charge is -2.17. The van der Waals surface area contributed by atoms with Gasteiger partial charge in [-0.1, -0.05) is 24.3 Å². The summed E-state index contributed by atoms with van der Waals surface area (Å²) in [5, 5.41) is 0.723. The van der Waals surface area contributed by atoms with Crippen LogP contribution in [0.1, 0.15) is 19.4 Å². The fourth-order valence-electron chi connectivity index (χ4n) is 1.40. The molecule has 6 heteroatoms. The molecule has 0 fully saturated rings. The minimum Gasteiger partial charge on any atom is -0.484 e. The molecule has 0 heterocycles. The summed E-state index contributed by atoms with van der Waals surface area (Å²) in [6.45, 7) is 2.88. The van der Waals surface area contributed by atoms with Crippen molar-refractivity contribution in [3.8, 4) is 0 Å². The Morgan fingerprint density at radius 1 is 1.18 bits per heavy atom. The van der Waals surface area contributed by atoms with E-state index in [1.807, 2.05) is 12.1 Å². The Morgan fingerprint density at radius 3 is 2.18 bits per heavy atom. The maximum atomic E-state index is 11.0. The molecule has 0 aromatic heterocycles. The lowest BCUT2D eigenvalue weighted by Crippen LogP contribution is -2.42. The van der Waals surface area contributed by atoms with E-state index in [9.17, 15) is 9.59 Å². The van der Waals surface area contributed by atoms with E-state index < -0.39 is 21.2 Å². The average molecular weight is 253 g/mol. The van der Waals surface area contributed by atoms with E-state index in [0.29, 0.717) is 6.54 Å². The Bertz CT molecular complexity index is 406. The first-order valence-electron chi connectivity index (χ1n) is 5.17. The molecule has 0 unspecified atom stereocenters. The molecule has 2 N–H and O–H groups in total. The number of carbonyl (C=O) groups excluding carboxylic acids is 2. The number of carbonyl (C=O) groups is 2. The molecule has 0 saturated carbocycles. The fourth-order valence-corrected chi connectivity index (χ4v) is 3.09. The fraction of sp³-hybridized carbons (Fsp3) is 0.273. The van der Waals surface area contributed by atoms with Crippen LogP contribution < -0.4 is 10.9 Å². The molecule has 1 aromatic carbocycles. The summed E-state index contributed by atoms with van der Waals surface area (Å²) in [5.74, 6) is -0.926. The Hall–Kier alpha value is -1.66. The maximum Gasteiger partial charge on any atom is 0.483 e. The number of rotatable bonds is 4. The van der Waals surface area contributed by atoms with Crippen molar-refractivity contribution in [2.75, 3.05) is 0 Å². The predicted octanol–water partition coefficient (Wildman–Crippen LogP) is -0.301. The van der Waals surface area contributed by atoms with Crippen LogP contribution in [0.3, 0.4) is 0 Å². The SMILES string of the molecule is CC(=O)O[SiH](OC(C)=O)c1ccccc1CN. The molecular weight excluding hydrogens is 238 g/mol. The number of hydrogen-bond acceptors (Lipinski definition) is 5. The van der Waals surface area contributed by atoms with Gasteiger partial charge in [0.1, 0.15) is 0 Å². The third-order valence-corrected chi connectivity index (χ3v) is 4.24. The van der Waals surface area contributed by atoms with Gasteiger partial charge in [-0.05, 0) is 5.56 Å². The van der Waals surface area contributed by atoms with Gasteiger partial charge in [0.2, 0.25) is 0 Å². The quantitative estimate of drug-likeness (QED) is 0.745. The number of benzene rings is 1. The molecule has 17 heavy (non-hydrogen) atoms. The van der Waals surface area contributed by atoms with E-state index >= 15 is 0 Å². The smallest absolute Gasteiger partial charge is 0.483 e. The van der Waals surface area contributed by atoms with Crippen molar-refractivity contribution in [2.24, 2.45) is 5.73 Å². The Labute approximate surface area is 101 Å². The highest BCUT2D eigenvalue weighted by atomic mass is 28.3. The normalized spacial score (nSPS) is 10.1. The largest absolute Gasteiger partial charge is 0.484 e. The van der Waals surface area contributed by atoms with E-state index in [-0.39, 0.29) is 0 Å². The zero-order chi connectivity index (χ0) is 12.8. The van der Waals surface area contributed by atoms with Crippen LogP contribution in [-0.2, 0) is 25.0 Å². The highest BCUT2D eigenvalue weighted by Gasteiger charge is 2.25. The molecule has 0 aliphatic heterocycles. The number of hydrogen-bond donors (Lipinski definition) is 1. The van der Waals surface area contributed by atoms with E-state index in [1.165, 1.54) is 13.8 Å². The van der Waals surface area contributed by atoms with E-state index in [4.69, 9.17) is 14.6 Å². The lowest BCUT2D eigenvalue weighted by atomic mass is 10.2. The van der Waals surface area contributed by atoms with Crippen molar-refractivity contribution >= 4 is 26.4 Å². The van der Waals surface area contributed by atoms with Crippen LogP contribution >= 0.6 is 0 Å². The van der Waals surface area contributed by atoms with E-state index in [1.54, 1.807) is 12.1 Å². The van der Waals surface area contributed by atoms with Crippen molar-refractivity contribution in [3.63, 3.8) is 0 Å². The minimum atomic E-state index is -2.54. The van der Waals surface area contributed by atoms with Gasteiger partial charge in [0.05, 0.1) is 0 Å². The van der Waals surface area contributed by atoms with Crippen molar-refractivity contribution in [1.82, 2.24) is 0 Å². The summed E-state index contributed by atoms with van der Waals surface area (Å²) in [4.78, 5) is 22.0. The first-order chi connectivity index (χ1) is 8.04. The topological polar surface area (TPSA) is 78.6 Å². The average Bonchev–Trinajstić information content (AvgIpc) is 2.27. The summed E-state index contributed by atoms with van der Waals surface area (Å²) in [5.41, 5.74) is 6.42. The minimum absolute atomic E-state index is 0.308. The van der Waals surface area contributed by atoms with Crippen LogP contribution in [-0.4, -0.2) is 21.2 Å². The van der Waals surface area contributed by atoms with E-state index in [2.05, 4.69) is 0 Å². The molecule has 5 nitrogen and oxygen atoms in total. The van der Waals surface area contributed by atoms with Gasteiger partial charge < -0.3 is 14.6 Å². The second-order valence-corrected chi connectivity index (χ2v) is 5.21. The molecule has 0 bridgehead atoms. The standard InChI is InChI=1S/C11H15NO4Si/c1-8(13)15-17(16-9(2)14)11-6-4-3-5-10(11)7-12/h3-6,17H,7,12H2,1-2H3. The van der Waals surface area contributed by atoms with Gasteiger partial charge in [-0.15, -0.1) is 0 Å². The van der Waals surface area contributed by atoms with Crippen molar-refractivity contribution in [3.05, 3.63) is 29.8 Å². The zero-order valence-corrected chi connectivity index (χ0v) is 11.0. The Kier molecular flexibility index (Phi) is 4.86. The summed E-state index contributed by atoms with van der Waals surface area (Å²) in [6.07, 6.45) is 0. The molecule has 0 radical (unpaired) electrons. The van der Waals surface area contributed by atoms with Crippen LogP contribution in [0.4, 0.5) is 0 Å². The van der Waals surface area contributed by atoms with Gasteiger partial charge in [-0.3, -0.25) is 9.59 Å². The van der Waals surface area contributed by atoms with Gasteiger partial charge in [0, 0.05) is 25.6 Å². The molecule has 0 saturated heterocycles. The van der Waals surface area contributed by atoms with Crippen LogP contribution in [0.2, 0.25) is 0 Å². The van der Waals surface area contributed by atoms with Crippen LogP contribution in [0.5, 0.6) is 0 Å². The Morgan fingerprint density at radius 2 is 1.71 bits per heavy atom. The molecule has 1 aromatic rings. The van der Waals surface area contributed by atoms with Crippen molar-refractivity contribution in [2.45, 2.75) is 20.4 Å². The highest BCUT2D eigenvalue weighted by molar-refractivity contribution is 6.64. The molecule has 0 aliphatic carbocycles. The molecule has 1 rings (SSSR count). The third-order valence-electron chi connectivity index (χ3n) is 2.07. The first kappa shape index (κ1) is 13.4. The molecule has 0 atom stereocenters. The number of nitrogens with two attached hydrogens (primary N) is 1. The highest BCUT2D eigenvalue weighted by Crippen LogP contribution is 2.01. The monoisotopic (exact) mass is 253 g/mol. The second-order valence-electron chi connectivity index (χ2n) is 3.45. The van der Waals surface area contributed by atoms with Gasteiger partial charge in [-0.2, -0.15) is 0 Å². The van der Waals surface area contributed by atoms with Crippen molar-refractivity contribution in [1.29, 1.82) is 0 Å². The van der Waals surface area contributed by atoms with Crippen molar-refractivity contribution < 1.29 is 18.4 Å². The molecule has 92 valence electrons. The van der Waals surface area contributed by atoms with Gasteiger partial charge in [0.15, 0.2) is 0 Å². The van der Waals surface area contributed by atoms with Crippen LogP contribution in [0.25, 0.3) is 0 Å². The molecular formula is C11H15NO4Si. The second kappa shape index (κ2) is 6.17. The van der Waals surface area contributed by atoms with E-state index in [0.717, 1.165) is 10.8 Å². The van der Waals surface area contributed by atoms with Crippen LogP contribution in [0.15, 0.2) is 24.3 Å². The summed E-state index contributed by atoms with van der Waals surface area (Å²) >= 11 is 0. The maximum absolute atomic E-state index is 11.0. The summed E-state index contributed by atoms with van der Waals surface area (Å²) < 4.78 is 10.2. The van der Waals surface area contributed by atoms with Crippen LogP contribution in [0, 0.1) is 0 Å². The zero-order valence-electron chi connectivity index (χ0n) is 9.80. The van der Waals surface area contributed by atoms with Gasteiger partial charge in [0.25, 0.3) is 11.9 Å². The predicted molar refractivity (Wildman–Crippen MR) is 64.6 cm³/mol. The summed E-state index contributed by atoms with van der Waals surface area (Å²) in [7, 11) is -2.54.